The maximum atomic E-state index is 9.81. The highest BCUT2D eigenvalue weighted by Gasteiger charge is 2.20. The Morgan fingerprint density at radius 3 is 2.67 bits per heavy atom. The second-order valence-corrected chi connectivity index (χ2v) is 5.68. The average Bonchev–Trinajstić information content (AvgIpc) is 2.42. The van der Waals surface area contributed by atoms with Crippen LogP contribution in [-0.2, 0) is 4.74 Å². The SMILES string of the molecule is CCCCOCC(O)CN[C@@H](C)C1CCCCC1. The predicted molar refractivity (Wildman–Crippen MR) is 75.8 cm³/mol. The summed E-state index contributed by atoms with van der Waals surface area (Å²) in [5.41, 5.74) is 0. The van der Waals surface area contributed by atoms with Crippen molar-refractivity contribution in [2.24, 2.45) is 5.92 Å². The zero-order chi connectivity index (χ0) is 13.2. The van der Waals surface area contributed by atoms with E-state index in [1.54, 1.807) is 0 Å². The first-order valence-corrected chi connectivity index (χ1v) is 7.73. The molecule has 0 radical (unpaired) electrons. The summed E-state index contributed by atoms with van der Waals surface area (Å²) in [5.74, 6) is 0.798. The van der Waals surface area contributed by atoms with Gasteiger partial charge in [0, 0.05) is 19.2 Å². The number of rotatable bonds is 9. The van der Waals surface area contributed by atoms with Crippen LogP contribution in [0.25, 0.3) is 0 Å². The molecule has 0 aliphatic heterocycles. The van der Waals surface area contributed by atoms with Gasteiger partial charge in [0.25, 0.3) is 0 Å². The van der Waals surface area contributed by atoms with E-state index in [0.717, 1.165) is 25.4 Å². The molecule has 1 fully saturated rings. The smallest absolute Gasteiger partial charge is 0.0897 e. The van der Waals surface area contributed by atoms with Gasteiger partial charge in [-0.25, -0.2) is 0 Å². The molecule has 2 N–H and O–H groups in total. The normalized spacial score (nSPS) is 20.8. The minimum atomic E-state index is -0.368. The van der Waals surface area contributed by atoms with Gasteiger partial charge in [0.2, 0.25) is 0 Å². The monoisotopic (exact) mass is 257 g/mol. The highest BCUT2D eigenvalue weighted by atomic mass is 16.5. The summed E-state index contributed by atoms with van der Waals surface area (Å²) >= 11 is 0. The quantitative estimate of drug-likeness (QED) is 0.624. The Hall–Kier alpha value is -0.120. The third-order valence-electron chi connectivity index (χ3n) is 3.98. The van der Waals surface area contributed by atoms with Gasteiger partial charge in [-0.2, -0.15) is 0 Å². The van der Waals surface area contributed by atoms with Gasteiger partial charge >= 0.3 is 0 Å². The van der Waals surface area contributed by atoms with Crippen molar-refractivity contribution in [3.05, 3.63) is 0 Å². The molecular weight excluding hydrogens is 226 g/mol. The summed E-state index contributed by atoms with van der Waals surface area (Å²) in [6.07, 6.45) is 8.70. The molecule has 18 heavy (non-hydrogen) atoms. The van der Waals surface area contributed by atoms with E-state index in [9.17, 15) is 5.11 Å². The van der Waals surface area contributed by atoms with Crippen LogP contribution in [0.5, 0.6) is 0 Å². The predicted octanol–water partition coefficient (Wildman–Crippen LogP) is 2.72. The molecule has 2 atom stereocenters. The molecular formula is C15H31NO2. The molecule has 0 saturated heterocycles. The number of hydrogen-bond acceptors (Lipinski definition) is 3. The number of aliphatic hydroxyl groups excluding tert-OH is 1. The van der Waals surface area contributed by atoms with Crippen LogP contribution >= 0.6 is 0 Å². The zero-order valence-electron chi connectivity index (χ0n) is 12.2. The first-order chi connectivity index (χ1) is 8.74. The van der Waals surface area contributed by atoms with Gasteiger partial charge in [0.1, 0.15) is 0 Å². The van der Waals surface area contributed by atoms with E-state index in [-0.39, 0.29) is 6.10 Å². The van der Waals surface area contributed by atoms with Crippen molar-refractivity contribution in [1.29, 1.82) is 0 Å². The standard InChI is InChI=1S/C15H31NO2/c1-3-4-10-18-12-15(17)11-16-13(2)14-8-6-5-7-9-14/h13-17H,3-12H2,1-2H3/t13-,15?/m0/s1. The van der Waals surface area contributed by atoms with Crippen molar-refractivity contribution >= 4 is 0 Å². The summed E-state index contributed by atoms with van der Waals surface area (Å²) in [6, 6.07) is 0.524. The molecule has 1 aliphatic carbocycles. The minimum Gasteiger partial charge on any atom is -0.389 e. The lowest BCUT2D eigenvalue weighted by Crippen LogP contribution is -2.40. The summed E-state index contributed by atoms with van der Waals surface area (Å²) in [4.78, 5) is 0. The summed E-state index contributed by atoms with van der Waals surface area (Å²) in [7, 11) is 0. The van der Waals surface area contributed by atoms with Crippen LogP contribution in [0.2, 0.25) is 0 Å². The Bertz CT molecular complexity index is 193. The fraction of sp³-hybridized carbons (Fsp3) is 1.00. The summed E-state index contributed by atoms with van der Waals surface area (Å²) < 4.78 is 5.42. The van der Waals surface area contributed by atoms with Crippen molar-refractivity contribution in [1.82, 2.24) is 5.32 Å². The number of hydrogen-bond donors (Lipinski definition) is 2. The lowest BCUT2D eigenvalue weighted by Gasteiger charge is -2.29. The van der Waals surface area contributed by atoms with Crippen LogP contribution in [0.3, 0.4) is 0 Å². The van der Waals surface area contributed by atoms with E-state index < -0.39 is 0 Å². The minimum absolute atomic E-state index is 0.368. The summed E-state index contributed by atoms with van der Waals surface area (Å²) in [6.45, 7) is 6.29. The van der Waals surface area contributed by atoms with Gasteiger partial charge in [0.05, 0.1) is 12.7 Å². The van der Waals surface area contributed by atoms with Crippen LogP contribution in [0.4, 0.5) is 0 Å². The van der Waals surface area contributed by atoms with Crippen LogP contribution in [-0.4, -0.2) is 37.0 Å². The van der Waals surface area contributed by atoms with Crippen LogP contribution in [0.1, 0.15) is 58.8 Å². The van der Waals surface area contributed by atoms with Crippen LogP contribution < -0.4 is 5.32 Å². The molecule has 0 aromatic heterocycles. The molecule has 108 valence electrons. The maximum Gasteiger partial charge on any atom is 0.0897 e. The number of aliphatic hydroxyl groups is 1. The topological polar surface area (TPSA) is 41.5 Å². The largest absolute Gasteiger partial charge is 0.389 e. The number of nitrogens with one attached hydrogen (secondary N) is 1. The van der Waals surface area contributed by atoms with Crippen molar-refractivity contribution in [2.45, 2.75) is 70.9 Å². The highest BCUT2D eigenvalue weighted by Crippen LogP contribution is 2.26. The van der Waals surface area contributed by atoms with E-state index in [0.29, 0.717) is 19.2 Å². The number of unbranched alkanes of at least 4 members (excludes halogenated alkanes) is 1. The molecule has 3 heteroatoms. The Balaban J connectivity index is 2.03. The van der Waals surface area contributed by atoms with Gasteiger partial charge < -0.3 is 15.2 Å². The molecule has 1 saturated carbocycles. The van der Waals surface area contributed by atoms with Crippen molar-refractivity contribution in [2.75, 3.05) is 19.8 Å². The first-order valence-electron chi connectivity index (χ1n) is 7.73. The molecule has 0 aromatic carbocycles. The first kappa shape index (κ1) is 15.9. The van der Waals surface area contributed by atoms with Crippen molar-refractivity contribution in [3.63, 3.8) is 0 Å². The van der Waals surface area contributed by atoms with Gasteiger partial charge in [0.15, 0.2) is 0 Å². The molecule has 0 aromatic rings. The van der Waals surface area contributed by atoms with Crippen LogP contribution in [0.15, 0.2) is 0 Å². The Morgan fingerprint density at radius 1 is 1.28 bits per heavy atom. The maximum absolute atomic E-state index is 9.81. The van der Waals surface area contributed by atoms with Crippen molar-refractivity contribution in [3.8, 4) is 0 Å². The zero-order valence-corrected chi connectivity index (χ0v) is 12.2. The Kier molecular flexibility index (Phi) is 8.64. The molecule has 0 amide bonds. The lowest BCUT2D eigenvalue weighted by atomic mass is 9.84. The lowest BCUT2D eigenvalue weighted by molar-refractivity contribution is 0.0334. The van der Waals surface area contributed by atoms with E-state index in [1.807, 2.05) is 0 Å². The molecule has 0 spiro atoms. The fourth-order valence-corrected chi connectivity index (χ4v) is 2.65. The van der Waals surface area contributed by atoms with Gasteiger partial charge in [-0.1, -0.05) is 32.6 Å². The molecule has 1 aliphatic rings. The number of ether oxygens (including phenoxy) is 1. The fourth-order valence-electron chi connectivity index (χ4n) is 2.65. The van der Waals surface area contributed by atoms with E-state index in [2.05, 4.69) is 19.2 Å². The van der Waals surface area contributed by atoms with Gasteiger partial charge in [-0.15, -0.1) is 0 Å². The Labute approximate surface area is 112 Å². The molecule has 1 unspecified atom stereocenters. The molecule has 0 bridgehead atoms. The van der Waals surface area contributed by atoms with E-state index in [1.165, 1.54) is 32.1 Å². The third-order valence-corrected chi connectivity index (χ3v) is 3.98. The highest BCUT2D eigenvalue weighted by molar-refractivity contribution is 4.76. The van der Waals surface area contributed by atoms with Gasteiger partial charge in [-0.05, 0) is 32.1 Å². The van der Waals surface area contributed by atoms with Gasteiger partial charge in [-0.3, -0.25) is 0 Å². The van der Waals surface area contributed by atoms with E-state index >= 15 is 0 Å². The Morgan fingerprint density at radius 2 is 2.00 bits per heavy atom. The average molecular weight is 257 g/mol. The second-order valence-electron chi connectivity index (χ2n) is 5.68. The van der Waals surface area contributed by atoms with Crippen LogP contribution in [0, 0.1) is 5.92 Å². The summed E-state index contributed by atoms with van der Waals surface area (Å²) in [5, 5.41) is 13.3. The third kappa shape index (κ3) is 6.72. The second kappa shape index (κ2) is 9.76. The molecule has 0 heterocycles. The molecule has 3 nitrogen and oxygen atoms in total. The molecule has 1 rings (SSSR count). The van der Waals surface area contributed by atoms with Crippen molar-refractivity contribution < 1.29 is 9.84 Å². The van der Waals surface area contributed by atoms with E-state index in [4.69, 9.17) is 4.74 Å².